The number of fused-ring (bicyclic) bond motifs is 1. The highest BCUT2D eigenvalue weighted by molar-refractivity contribution is 8.07. The largest absolute Gasteiger partial charge is 0.288 e. The second-order valence-corrected chi connectivity index (χ2v) is 6.83. The number of carbonyl (C=O) groups is 1. The van der Waals surface area contributed by atoms with E-state index in [1.54, 1.807) is 12.2 Å². The zero-order valence-corrected chi connectivity index (χ0v) is 14.7. The highest BCUT2D eigenvalue weighted by Gasteiger charge is 2.33. The van der Waals surface area contributed by atoms with Gasteiger partial charge in [0.25, 0.3) is 0 Å². The van der Waals surface area contributed by atoms with Crippen molar-refractivity contribution in [2.45, 2.75) is 0 Å². The van der Waals surface area contributed by atoms with E-state index in [0.717, 1.165) is 20.3 Å². The summed E-state index contributed by atoms with van der Waals surface area (Å²) in [4.78, 5) is 15.1. The van der Waals surface area contributed by atoms with Crippen molar-refractivity contribution < 1.29 is 4.79 Å². The van der Waals surface area contributed by atoms with E-state index in [4.69, 9.17) is 10.5 Å². The molecule has 0 spiro atoms. The number of Topliss-reactive ketones (excluding diaryl/α,β-unsaturated/α-hetero) is 1. The summed E-state index contributed by atoms with van der Waals surface area (Å²) in [5.74, 6) is 0.0137. The molecule has 0 aromatic carbocycles. The Morgan fingerprint density at radius 1 is 0.909 bits per heavy atom. The minimum Gasteiger partial charge on any atom is -0.288 e. The second kappa shape index (κ2) is 7.11. The molecule has 2 rings (SSSR count). The molecule has 110 valence electrons. The van der Waals surface area contributed by atoms with E-state index >= 15 is 0 Å². The number of hydrogen-bond acceptors (Lipinski definition) is 6. The lowest BCUT2D eigenvalue weighted by atomic mass is 10.0. The third-order valence-electron chi connectivity index (χ3n) is 3.23. The molecule has 0 bridgehead atoms. The fourth-order valence-corrected chi connectivity index (χ4v) is 4.46. The van der Waals surface area contributed by atoms with Gasteiger partial charge in [0.05, 0.1) is 4.91 Å². The van der Waals surface area contributed by atoms with Crippen molar-refractivity contribution in [3.8, 4) is 12.1 Å². The van der Waals surface area contributed by atoms with Crippen LogP contribution >= 0.6 is 35.3 Å². The molecule has 0 saturated heterocycles. The Morgan fingerprint density at radius 3 is 2.05 bits per heavy atom. The van der Waals surface area contributed by atoms with Gasteiger partial charge < -0.3 is 0 Å². The molecule has 0 aliphatic heterocycles. The van der Waals surface area contributed by atoms with Crippen LogP contribution in [0.1, 0.15) is 0 Å². The maximum atomic E-state index is 12.6. The number of ketones is 1. The second-order valence-electron chi connectivity index (χ2n) is 4.32. The minimum atomic E-state index is 0.0137. The summed E-state index contributed by atoms with van der Waals surface area (Å²) < 4.78 is 0. The number of nitriles is 2. The summed E-state index contributed by atoms with van der Waals surface area (Å²) in [7, 11) is 0. The monoisotopic (exact) mass is 344 g/mol. The zero-order chi connectivity index (χ0) is 16.3. The van der Waals surface area contributed by atoms with Crippen LogP contribution in [0.15, 0.2) is 55.2 Å². The van der Waals surface area contributed by atoms with Gasteiger partial charge in [0.2, 0.25) is 5.78 Å². The van der Waals surface area contributed by atoms with Crippen molar-refractivity contribution in [1.82, 2.24) is 0 Å². The van der Waals surface area contributed by atoms with E-state index in [0.29, 0.717) is 11.1 Å². The van der Waals surface area contributed by atoms with E-state index in [1.807, 2.05) is 37.0 Å². The predicted octanol–water partition coefficient (Wildman–Crippen LogP) is 3.96. The van der Waals surface area contributed by atoms with Gasteiger partial charge >= 0.3 is 0 Å². The third kappa shape index (κ3) is 2.83. The molecular weight excluding hydrogens is 332 g/mol. The third-order valence-corrected chi connectivity index (χ3v) is 5.70. The summed E-state index contributed by atoms with van der Waals surface area (Å²) in [5.41, 5.74) is 2.05. The topological polar surface area (TPSA) is 64.7 Å². The number of rotatable bonds is 3. The molecule has 0 unspecified atom stereocenters. The van der Waals surface area contributed by atoms with Crippen molar-refractivity contribution >= 4 is 41.1 Å². The molecule has 2 aliphatic carbocycles. The lowest BCUT2D eigenvalue weighted by Gasteiger charge is -2.03. The van der Waals surface area contributed by atoms with Crippen LogP contribution in [-0.2, 0) is 4.79 Å². The van der Waals surface area contributed by atoms with Gasteiger partial charge in [-0.25, -0.2) is 0 Å². The highest BCUT2D eigenvalue weighted by atomic mass is 32.2. The summed E-state index contributed by atoms with van der Waals surface area (Å²) in [6.45, 7) is 0. The molecule has 3 nitrogen and oxygen atoms in total. The molecule has 0 atom stereocenters. The van der Waals surface area contributed by atoms with Crippen LogP contribution in [0.25, 0.3) is 0 Å². The molecule has 0 heterocycles. The number of thioether (sulfide) groups is 3. The Morgan fingerprint density at radius 2 is 1.55 bits per heavy atom. The maximum Gasteiger partial charge on any atom is 0.201 e. The Balaban J connectivity index is 2.77. The van der Waals surface area contributed by atoms with Gasteiger partial charge in [-0.1, -0.05) is 0 Å². The Labute approximate surface area is 142 Å². The molecular formula is C16H12N2OS3. The first kappa shape index (κ1) is 16.8. The lowest BCUT2D eigenvalue weighted by molar-refractivity contribution is -0.111. The van der Waals surface area contributed by atoms with Crippen molar-refractivity contribution in [1.29, 1.82) is 10.5 Å². The van der Waals surface area contributed by atoms with E-state index in [9.17, 15) is 4.79 Å². The Hall–Kier alpha value is -1.60. The van der Waals surface area contributed by atoms with Gasteiger partial charge in [-0.2, -0.15) is 10.5 Å². The molecule has 0 amide bonds. The Kier molecular flexibility index (Phi) is 5.42. The van der Waals surface area contributed by atoms with Crippen LogP contribution in [0.5, 0.6) is 0 Å². The van der Waals surface area contributed by atoms with Crippen LogP contribution in [0.2, 0.25) is 0 Å². The van der Waals surface area contributed by atoms with Gasteiger partial charge in [0.1, 0.15) is 17.7 Å². The lowest BCUT2D eigenvalue weighted by Crippen LogP contribution is -1.97. The average Bonchev–Trinajstić information content (AvgIpc) is 2.68. The van der Waals surface area contributed by atoms with E-state index in [2.05, 4.69) is 0 Å². The molecule has 22 heavy (non-hydrogen) atoms. The van der Waals surface area contributed by atoms with Crippen molar-refractivity contribution in [3.05, 3.63) is 55.2 Å². The summed E-state index contributed by atoms with van der Waals surface area (Å²) in [6.07, 6.45) is 11.1. The molecule has 0 saturated carbocycles. The number of nitrogens with zero attached hydrogens (tertiary/aromatic N) is 2. The van der Waals surface area contributed by atoms with Crippen LogP contribution in [0.4, 0.5) is 0 Å². The summed E-state index contributed by atoms with van der Waals surface area (Å²) in [5, 5.41) is 18.3. The summed E-state index contributed by atoms with van der Waals surface area (Å²) >= 11 is 4.43. The van der Waals surface area contributed by atoms with Gasteiger partial charge in [-0.3, -0.25) is 4.79 Å². The first-order chi connectivity index (χ1) is 10.6. The smallest absolute Gasteiger partial charge is 0.201 e. The maximum absolute atomic E-state index is 12.6. The standard InChI is InChI=1S/C16H12N2OS3/c1-20-11-4-9(10(7-17)8-18)5-13-12(6-11)14(19)16(22-3)15(13)21-2/h4-6H,1-3H3. The predicted molar refractivity (Wildman–Crippen MR) is 95.1 cm³/mol. The zero-order valence-electron chi connectivity index (χ0n) is 12.3. The van der Waals surface area contributed by atoms with Crippen LogP contribution in [0, 0.1) is 22.7 Å². The molecule has 0 aromatic rings. The molecule has 0 radical (unpaired) electrons. The number of hydrogen-bond donors (Lipinski definition) is 0. The first-order valence-corrected chi connectivity index (χ1v) is 9.89. The van der Waals surface area contributed by atoms with Crippen molar-refractivity contribution in [2.24, 2.45) is 0 Å². The van der Waals surface area contributed by atoms with Gasteiger partial charge in [0.15, 0.2) is 0 Å². The molecule has 2 aliphatic rings. The quantitative estimate of drug-likeness (QED) is 0.722. The first-order valence-electron chi connectivity index (χ1n) is 6.22. The number of carbonyl (C=O) groups excluding carboxylic acids is 1. The fourth-order valence-electron chi connectivity index (χ4n) is 2.22. The van der Waals surface area contributed by atoms with Gasteiger partial charge in [-0.05, 0) is 37.0 Å². The fraction of sp³-hybridized carbons (Fsp3) is 0.188. The highest BCUT2D eigenvalue weighted by Crippen LogP contribution is 2.45. The van der Waals surface area contributed by atoms with Crippen LogP contribution in [0.3, 0.4) is 0 Å². The number of allylic oxidation sites excluding steroid dienone is 8. The van der Waals surface area contributed by atoms with Gasteiger partial charge in [0, 0.05) is 26.5 Å². The minimum absolute atomic E-state index is 0.0137. The molecule has 0 fully saturated rings. The van der Waals surface area contributed by atoms with E-state index in [1.165, 1.54) is 35.3 Å². The summed E-state index contributed by atoms with van der Waals surface area (Å²) in [6, 6.07) is 3.85. The van der Waals surface area contributed by atoms with Crippen LogP contribution in [-0.4, -0.2) is 24.6 Å². The van der Waals surface area contributed by atoms with Gasteiger partial charge in [-0.15, -0.1) is 35.3 Å². The van der Waals surface area contributed by atoms with Crippen molar-refractivity contribution in [2.75, 3.05) is 18.8 Å². The average molecular weight is 344 g/mol. The molecule has 0 aromatic heterocycles. The van der Waals surface area contributed by atoms with Crippen molar-refractivity contribution in [3.63, 3.8) is 0 Å². The molecule has 6 heteroatoms. The van der Waals surface area contributed by atoms with E-state index in [-0.39, 0.29) is 11.4 Å². The normalized spacial score (nSPS) is 17.0. The molecule has 0 N–H and O–H groups in total. The van der Waals surface area contributed by atoms with Crippen LogP contribution < -0.4 is 0 Å². The van der Waals surface area contributed by atoms with E-state index < -0.39 is 0 Å². The Bertz CT molecular complexity index is 767. The SMILES string of the molecule is CSC1=CC(=C(C#N)C#N)C=C2C(=C1)C(=O)C(SC)=C2SC.